The van der Waals surface area contributed by atoms with Gasteiger partial charge in [-0.25, -0.2) is 4.98 Å². The van der Waals surface area contributed by atoms with Crippen LogP contribution in [-0.2, 0) is 11.3 Å². The third kappa shape index (κ3) is 8.75. The maximum absolute atomic E-state index is 9.67. The Morgan fingerprint density at radius 1 is 1.32 bits per heavy atom. The lowest BCUT2D eigenvalue weighted by atomic mass is 10.2. The Kier molecular flexibility index (Phi) is 8.45. The van der Waals surface area contributed by atoms with Crippen molar-refractivity contribution < 1.29 is 9.84 Å². The average Bonchev–Trinajstić information content (AvgIpc) is 2.86. The van der Waals surface area contributed by atoms with Crippen LogP contribution in [0.25, 0.3) is 0 Å². The zero-order valence-corrected chi connectivity index (χ0v) is 12.1. The predicted molar refractivity (Wildman–Crippen MR) is 76.0 cm³/mol. The minimum atomic E-state index is -0.410. The van der Waals surface area contributed by atoms with Crippen molar-refractivity contribution in [2.75, 3.05) is 26.3 Å². The lowest BCUT2D eigenvalue weighted by molar-refractivity contribution is 0.0262. The van der Waals surface area contributed by atoms with Gasteiger partial charge in [-0.1, -0.05) is 13.8 Å². The van der Waals surface area contributed by atoms with Gasteiger partial charge in [0.25, 0.3) is 0 Å². The molecule has 1 heterocycles. The largest absolute Gasteiger partial charge is 0.389 e. The van der Waals surface area contributed by atoms with Crippen LogP contribution >= 0.6 is 0 Å². The number of aryl methyl sites for hydroxylation is 1. The molecule has 110 valence electrons. The number of hydrogen-bond donors (Lipinski definition) is 2. The van der Waals surface area contributed by atoms with Gasteiger partial charge in [0.15, 0.2) is 0 Å². The van der Waals surface area contributed by atoms with E-state index in [1.165, 1.54) is 0 Å². The van der Waals surface area contributed by atoms with Crippen LogP contribution in [0.15, 0.2) is 18.7 Å². The number of imidazole rings is 1. The first kappa shape index (κ1) is 16.1. The summed E-state index contributed by atoms with van der Waals surface area (Å²) in [6.45, 7) is 7.86. The fourth-order valence-electron chi connectivity index (χ4n) is 1.73. The van der Waals surface area contributed by atoms with Gasteiger partial charge in [0.2, 0.25) is 0 Å². The summed E-state index contributed by atoms with van der Waals surface area (Å²) in [4.78, 5) is 4.00. The molecule has 0 amide bonds. The second kappa shape index (κ2) is 9.95. The monoisotopic (exact) mass is 269 g/mol. The standard InChI is InChI=1S/C14H27N3O2/c1-13(2)10-19-11-14(18)9-15-5-3-4-7-17-8-6-16-12-17/h6,8,12-15,18H,3-5,7,9-11H2,1-2H3. The molecule has 0 aromatic carbocycles. The lowest BCUT2D eigenvalue weighted by Crippen LogP contribution is -2.31. The smallest absolute Gasteiger partial charge is 0.0945 e. The molecule has 0 aliphatic heterocycles. The second-order valence-corrected chi connectivity index (χ2v) is 5.30. The van der Waals surface area contributed by atoms with Crippen LogP contribution in [0.1, 0.15) is 26.7 Å². The zero-order valence-electron chi connectivity index (χ0n) is 12.1. The third-order valence-corrected chi connectivity index (χ3v) is 2.72. The Morgan fingerprint density at radius 3 is 2.84 bits per heavy atom. The molecule has 0 aliphatic rings. The first-order valence-corrected chi connectivity index (χ1v) is 7.10. The molecule has 1 aromatic heterocycles. The summed E-state index contributed by atoms with van der Waals surface area (Å²) in [5, 5.41) is 12.9. The van der Waals surface area contributed by atoms with Crippen molar-refractivity contribution in [3.63, 3.8) is 0 Å². The molecule has 1 atom stereocenters. The van der Waals surface area contributed by atoms with Gasteiger partial charge in [-0.05, 0) is 25.3 Å². The van der Waals surface area contributed by atoms with Gasteiger partial charge >= 0.3 is 0 Å². The molecule has 1 unspecified atom stereocenters. The molecule has 0 aliphatic carbocycles. The molecule has 0 bridgehead atoms. The van der Waals surface area contributed by atoms with Crippen LogP contribution in [0, 0.1) is 5.92 Å². The van der Waals surface area contributed by atoms with E-state index >= 15 is 0 Å². The van der Waals surface area contributed by atoms with Crippen LogP contribution in [0.3, 0.4) is 0 Å². The Labute approximate surface area is 116 Å². The summed E-state index contributed by atoms with van der Waals surface area (Å²) >= 11 is 0. The van der Waals surface area contributed by atoms with Gasteiger partial charge in [0, 0.05) is 32.1 Å². The van der Waals surface area contributed by atoms with Gasteiger partial charge in [-0.2, -0.15) is 0 Å². The van der Waals surface area contributed by atoms with Gasteiger partial charge in [0.05, 0.1) is 19.0 Å². The molecule has 0 radical (unpaired) electrons. The van der Waals surface area contributed by atoms with Gasteiger partial charge in [-0.15, -0.1) is 0 Å². The molecular weight excluding hydrogens is 242 g/mol. The molecule has 5 nitrogen and oxygen atoms in total. The Bertz CT molecular complexity index is 302. The maximum Gasteiger partial charge on any atom is 0.0945 e. The zero-order chi connectivity index (χ0) is 13.9. The van der Waals surface area contributed by atoms with E-state index in [9.17, 15) is 5.11 Å². The summed E-state index contributed by atoms with van der Waals surface area (Å²) in [6.07, 6.45) is 7.41. The number of hydrogen-bond acceptors (Lipinski definition) is 4. The SMILES string of the molecule is CC(C)COCC(O)CNCCCCn1ccnc1. The molecular formula is C14H27N3O2. The quantitative estimate of drug-likeness (QED) is 0.594. The van der Waals surface area contributed by atoms with Crippen LogP contribution in [0.4, 0.5) is 0 Å². The Hall–Kier alpha value is -0.910. The van der Waals surface area contributed by atoms with Crippen molar-refractivity contribution in [3.05, 3.63) is 18.7 Å². The van der Waals surface area contributed by atoms with Crippen LogP contribution < -0.4 is 5.32 Å². The van der Waals surface area contributed by atoms with Crippen LogP contribution in [0.2, 0.25) is 0 Å². The lowest BCUT2D eigenvalue weighted by Gasteiger charge is -2.13. The number of nitrogens with one attached hydrogen (secondary N) is 1. The number of aliphatic hydroxyl groups excluding tert-OH is 1. The van der Waals surface area contributed by atoms with Crippen molar-refractivity contribution in [1.29, 1.82) is 0 Å². The number of aromatic nitrogens is 2. The molecule has 19 heavy (non-hydrogen) atoms. The number of nitrogens with zero attached hydrogens (tertiary/aromatic N) is 2. The van der Waals surface area contributed by atoms with Crippen LogP contribution in [-0.4, -0.2) is 47.1 Å². The fourth-order valence-corrected chi connectivity index (χ4v) is 1.73. The van der Waals surface area contributed by atoms with E-state index in [1.54, 1.807) is 6.20 Å². The maximum atomic E-state index is 9.67. The highest BCUT2D eigenvalue weighted by Crippen LogP contribution is 1.95. The average molecular weight is 269 g/mol. The first-order valence-electron chi connectivity index (χ1n) is 7.10. The van der Waals surface area contributed by atoms with Gasteiger partial charge in [0.1, 0.15) is 0 Å². The summed E-state index contributed by atoms with van der Waals surface area (Å²) in [5.74, 6) is 0.517. The number of ether oxygens (including phenoxy) is 1. The number of aliphatic hydroxyl groups is 1. The molecule has 0 saturated carbocycles. The molecule has 0 spiro atoms. The normalized spacial score (nSPS) is 13.1. The molecule has 1 aromatic rings. The molecule has 5 heteroatoms. The van der Waals surface area contributed by atoms with Crippen molar-refractivity contribution >= 4 is 0 Å². The highest BCUT2D eigenvalue weighted by atomic mass is 16.5. The molecule has 0 fully saturated rings. The summed E-state index contributed by atoms with van der Waals surface area (Å²) < 4.78 is 7.46. The second-order valence-electron chi connectivity index (χ2n) is 5.30. The number of rotatable bonds is 11. The van der Waals surface area contributed by atoms with Gasteiger partial charge in [-0.3, -0.25) is 0 Å². The van der Waals surface area contributed by atoms with E-state index in [4.69, 9.17) is 4.74 Å². The fraction of sp³-hybridized carbons (Fsp3) is 0.786. The highest BCUT2D eigenvalue weighted by Gasteiger charge is 2.04. The minimum Gasteiger partial charge on any atom is -0.389 e. The van der Waals surface area contributed by atoms with E-state index in [2.05, 4.69) is 28.7 Å². The topological polar surface area (TPSA) is 59.3 Å². The molecule has 1 rings (SSSR count). The predicted octanol–water partition coefficient (Wildman–Crippen LogP) is 1.29. The van der Waals surface area contributed by atoms with E-state index in [0.29, 0.717) is 25.7 Å². The van der Waals surface area contributed by atoms with Crippen molar-refractivity contribution in [2.45, 2.75) is 39.3 Å². The molecule has 0 saturated heterocycles. The first-order chi connectivity index (χ1) is 9.18. The minimum absolute atomic E-state index is 0.410. The highest BCUT2D eigenvalue weighted by molar-refractivity contribution is 4.73. The number of unbranched alkanes of at least 4 members (excludes halogenated alkanes) is 1. The molecule has 2 N–H and O–H groups in total. The van der Waals surface area contributed by atoms with Gasteiger partial charge < -0.3 is 19.7 Å². The van der Waals surface area contributed by atoms with E-state index in [0.717, 1.165) is 25.9 Å². The van der Waals surface area contributed by atoms with Crippen LogP contribution in [0.5, 0.6) is 0 Å². The Balaban J connectivity index is 1.87. The summed E-state index contributed by atoms with van der Waals surface area (Å²) in [6, 6.07) is 0. The third-order valence-electron chi connectivity index (χ3n) is 2.72. The summed E-state index contributed by atoms with van der Waals surface area (Å²) in [5.41, 5.74) is 0. The van der Waals surface area contributed by atoms with Crippen molar-refractivity contribution in [2.24, 2.45) is 5.92 Å². The Morgan fingerprint density at radius 2 is 2.16 bits per heavy atom. The van der Waals surface area contributed by atoms with Crippen molar-refractivity contribution in [1.82, 2.24) is 14.9 Å². The van der Waals surface area contributed by atoms with Crippen molar-refractivity contribution in [3.8, 4) is 0 Å². The van der Waals surface area contributed by atoms with E-state index in [1.807, 2.05) is 12.5 Å². The van der Waals surface area contributed by atoms with E-state index < -0.39 is 6.10 Å². The van der Waals surface area contributed by atoms with E-state index in [-0.39, 0.29) is 0 Å². The summed E-state index contributed by atoms with van der Waals surface area (Å²) in [7, 11) is 0.